The summed E-state index contributed by atoms with van der Waals surface area (Å²) in [6.07, 6.45) is 8.97. The van der Waals surface area contributed by atoms with Crippen molar-refractivity contribution >= 4 is 17.4 Å². The van der Waals surface area contributed by atoms with E-state index in [-0.39, 0.29) is 18.2 Å². The molecule has 6 rings (SSSR count). The van der Waals surface area contributed by atoms with Crippen molar-refractivity contribution in [2.24, 2.45) is 12.5 Å². The molecule has 6 heterocycles. The number of nitriles is 2. The molecule has 0 aromatic carbocycles. The summed E-state index contributed by atoms with van der Waals surface area (Å²) in [6, 6.07) is 10.5. The highest BCUT2D eigenvalue weighted by Crippen LogP contribution is 2.48. The maximum Gasteiger partial charge on any atom is 0.410 e. The minimum atomic E-state index is -0.595. The normalized spacial score (nSPS) is 21.7. The van der Waals surface area contributed by atoms with Crippen LogP contribution in [-0.2, 0) is 11.8 Å². The van der Waals surface area contributed by atoms with E-state index in [1.807, 2.05) is 58.4 Å². The van der Waals surface area contributed by atoms with E-state index in [4.69, 9.17) is 9.72 Å². The molecular formula is C30H31N9O2. The van der Waals surface area contributed by atoms with E-state index in [9.17, 15) is 15.3 Å². The summed E-state index contributed by atoms with van der Waals surface area (Å²) in [7, 11) is 1.87. The summed E-state index contributed by atoms with van der Waals surface area (Å²) in [5, 5.41) is 28.1. The summed E-state index contributed by atoms with van der Waals surface area (Å²) in [5.74, 6) is 0.777. The molecule has 2 aliphatic heterocycles. The lowest BCUT2D eigenvalue weighted by Crippen LogP contribution is -2.66. The second-order valence-electron chi connectivity index (χ2n) is 12.2. The van der Waals surface area contributed by atoms with E-state index in [2.05, 4.69) is 34.2 Å². The van der Waals surface area contributed by atoms with E-state index in [0.717, 1.165) is 28.1 Å². The van der Waals surface area contributed by atoms with Crippen LogP contribution in [-0.4, -0.2) is 66.1 Å². The molecule has 0 N–H and O–H groups in total. The van der Waals surface area contributed by atoms with Crippen molar-refractivity contribution in [2.75, 3.05) is 18.0 Å². The Morgan fingerprint density at radius 2 is 1.93 bits per heavy atom. The third-order valence-electron chi connectivity index (χ3n) is 7.96. The van der Waals surface area contributed by atoms with Crippen molar-refractivity contribution in [3.63, 3.8) is 0 Å². The van der Waals surface area contributed by atoms with Gasteiger partial charge in [-0.15, -0.1) is 0 Å². The van der Waals surface area contributed by atoms with Gasteiger partial charge in [-0.3, -0.25) is 4.68 Å². The first kappa shape index (κ1) is 26.3. The number of aromatic nitrogens is 5. The molecule has 0 saturated carbocycles. The van der Waals surface area contributed by atoms with Gasteiger partial charge in [0.2, 0.25) is 0 Å². The molecule has 3 atom stereocenters. The fourth-order valence-corrected chi connectivity index (χ4v) is 6.16. The number of likely N-dealkylation sites (tertiary alicyclic amines) is 1. The lowest BCUT2D eigenvalue weighted by atomic mass is 9.75. The largest absolute Gasteiger partial charge is 0.444 e. The fourth-order valence-electron chi connectivity index (χ4n) is 6.16. The topological polar surface area (TPSA) is 128 Å². The molecule has 11 heteroatoms. The zero-order chi connectivity index (χ0) is 29.1. The van der Waals surface area contributed by atoms with Crippen LogP contribution in [0.2, 0.25) is 0 Å². The zero-order valence-electron chi connectivity index (χ0n) is 23.7. The molecule has 2 fully saturated rings. The zero-order valence-corrected chi connectivity index (χ0v) is 23.7. The molecule has 0 aliphatic carbocycles. The minimum Gasteiger partial charge on any atom is -0.444 e. The van der Waals surface area contributed by atoms with Crippen molar-refractivity contribution in [2.45, 2.75) is 51.8 Å². The van der Waals surface area contributed by atoms with Crippen molar-refractivity contribution in [3.8, 4) is 34.4 Å². The number of pyridine rings is 2. The number of anilines is 1. The van der Waals surface area contributed by atoms with E-state index in [1.165, 1.54) is 0 Å². The van der Waals surface area contributed by atoms with E-state index in [0.29, 0.717) is 30.6 Å². The average Bonchev–Trinajstić information content (AvgIpc) is 3.57. The number of rotatable bonds is 4. The molecule has 4 aromatic rings. The van der Waals surface area contributed by atoms with Gasteiger partial charge in [-0.05, 0) is 39.0 Å². The first-order chi connectivity index (χ1) is 19.5. The molecule has 41 heavy (non-hydrogen) atoms. The van der Waals surface area contributed by atoms with Crippen LogP contribution in [0.4, 0.5) is 10.6 Å². The van der Waals surface area contributed by atoms with Crippen molar-refractivity contribution in [1.82, 2.24) is 29.3 Å². The SMILES string of the molecule is Cn1cc(-c2cc(-c3ccc(N4C[C@H]5[C@@H]4C(C)(CC#N)CN5C(=O)OC(C)(C)C)nc3)c3c(C#N)cnn3c2)cn1. The Kier molecular flexibility index (Phi) is 6.00. The minimum absolute atomic E-state index is 0.0475. The maximum absolute atomic E-state index is 13.0. The fraction of sp³-hybridized carbons (Fsp3) is 0.400. The highest BCUT2D eigenvalue weighted by Gasteiger charge is 2.61. The number of carbonyl (C=O) groups excluding carboxylic acids is 1. The highest BCUT2D eigenvalue weighted by molar-refractivity contribution is 5.87. The van der Waals surface area contributed by atoms with Gasteiger partial charge in [0.05, 0.1) is 41.6 Å². The molecule has 0 bridgehead atoms. The van der Waals surface area contributed by atoms with Crippen LogP contribution in [0.1, 0.15) is 39.7 Å². The first-order valence-corrected chi connectivity index (χ1v) is 13.5. The molecule has 0 spiro atoms. The summed E-state index contributed by atoms with van der Waals surface area (Å²) < 4.78 is 9.14. The number of aryl methyl sites for hydroxylation is 1. The molecule has 1 unspecified atom stereocenters. The first-order valence-electron chi connectivity index (χ1n) is 13.5. The molecule has 2 aliphatic rings. The van der Waals surface area contributed by atoms with Gasteiger partial charge >= 0.3 is 6.09 Å². The summed E-state index contributed by atoms with van der Waals surface area (Å²) in [6.45, 7) is 8.69. The number of fused-ring (bicyclic) bond motifs is 2. The second kappa shape index (κ2) is 9.34. The molecule has 4 aromatic heterocycles. The standard InChI is InChI=1S/C30H31N9O2/c1-29(2,3)41-28(40)38-18-30(4,8-9-31)27-24(38)17-37(27)25-7-6-19(12-33-25)23-10-20(22-14-34-36(5)15-22)16-39-26(23)21(11-32)13-35-39/h6-7,10,12-16,24,27H,8,17-18H2,1-5H3/t24-,27+,30?/m0/s1. The van der Waals surface area contributed by atoms with E-state index < -0.39 is 11.0 Å². The Balaban J connectivity index is 1.33. The number of carbonyl (C=O) groups is 1. The van der Waals surface area contributed by atoms with Crippen molar-refractivity contribution in [3.05, 3.63) is 54.7 Å². The van der Waals surface area contributed by atoms with Gasteiger partial charge in [0.1, 0.15) is 17.5 Å². The van der Waals surface area contributed by atoms with Crippen LogP contribution in [0, 0.1) is 28.1 Å². The van der Waals surface area contributed by atoms with Gasteiger partial charge in [0, 0.05) is 72.8 Å². The third kappa shape index (κ3) is 4.44. The van der Waals surface area contributed by atoms with Gasteiger partial charge in [0.25, 0.3) is 0 Å². The maximum atomic E-state index is 13.0. The Morgan fingerprint density at radius 1 is 1.12 bits per heavy atom. The Labute approximate surface area is 238 Å². The lowest BCUT2D eigenvalue weighted by Gasteiger charge is -2.51. The molecular weight excluding hydrogens is 518 g/mol. The van der Waals surface area contributed by atoms with Gasteiger partial charge in [-0.2, -0.15) is 20.7 Å². The van der Waals surface area contributed by atoms with Gasteiger partial charge in [-0.1, -0.05) is 6.92 Å². The Morgan fingerprint density at radius 3 is 2.56 bits per heavy atom. The van der Waals surface area contributed by atoms with Gasteiger partial charge in [-0.25, -0.2) is 14.3 Å². The van der Waals surface area contributed by atoms with Gasteiger partial charge in [0.15, 0.2) is 0 Å². The van der Waals surface area contributed by atoms with E-state index in [1.54, 1.807) is 32.7 Å². The molecule has 0 radical (unpaired) electrons. The van der Waals surface area contributed by atoms with Crippen LogP contribution in [0.15, 0.2) is 49.2 Å². The Hall–Kier alpha value is -4.90. The highest BCUT2D eigenvalue weighted by atomic mass is 16.6. The number of hydrogen-bond donors (Lipinski definition) is 0. The molecule has 208 valence electrons. The number of nitrogens with zero attached hydrogens (tertiary/aromatic N) is 9. The van der Waals surface area contributed by atoms with Crippen LogP contribution in [0.25, 0.3) is 27.8 Å². The molecule has 2 saturated heterocycles. The Bertz CT molecular complexity index is 1730. The number of ether oxygens (including phenoxy) is 1. The van der Waals surface area contributed by atoms with Crippen molar-refractivity contribution in [1.29, 1.82) is 10.5 Å². The summed E-state index contributed by atoms with van der Waals surface area (Å²) in [5.41, 5.74) is 3.72. The number of hydrogen-bond acceptors (Lipinski definition) is 8. The molecule has 1 amide bonds. The van der Waals surface area contributed by atoms with Gasteiger partial charge < -0.3 is 14.5 Å². The quantitative estimate of drug-likeness (QED) is 0.366. The number of amides is 1. The third-order valence-corrected chi connectivity index (χ3v) is 7.96. The van der Waals surface area contributed by atoms with Crippen LogP contribution >= 0.6 is 0 Å². The van der Waals surface area contributed by atoms with E-state index >= 15 is 0 Å². The van der Waals surface area contributed by atoms with Crippen LogP contribution in [0.5, 0.6) is 0 Å². The second-order valence-corrected chi connectivity index (χ2v) is 12.2. The summed E-state index contributed by atoms with van der Waals surface area (Å²) in [4.78, 5) is 21.8. The predicted molar refractivity (Wildman–Crippen MR) is 152 cm³/mol. The smallest absolute Gasteiger partial charge is 0.410 e. The van der Waals surface area contributed by atoms with Crippen LogP contribution in [0.3, 0.4) is 0 Å². The lowest BCUT2D eigenvalue weighted by molar-refractivity contribution is 0.0190. The summed E-state index contributed by atoms with van der Waals surface area (Å²) >= 11 is 0. The average molecular weight is 550 g/mol. The monoisotopic (exact) mass is 549 g/mol. The van der Waals surface area contributed by atoms with Crippen LogP contribution < -0.4 is 4.90 Å². The molecule has 11 nitrogen and oxygen atoms in total. The van der Waals surface area contributed by atoms with Crippen molar-refractivity contribution < 1.29 is 9.53 Å². The predicted octanol–water partition coefficient (Wildman–Crippen LogP) is 4.40.